The van der Waals surface area contributed by atoms with Gasteiger partial charge in [-0.1, -0.05) is 175 Å². The average Bonchev–Trinajstić information content (AvgIpc) is 3.25. The maximum atomic E-state index is 12.9. The van der Waals surface area contributed by atoms with E-state index in [4.69, 9.17) is 9.47 Å². The van der Waals surface area contributed by atoms with Gasteiger partial charge in [-0.2, -0.15) is 0 Å². The fraction of sp³-hybridized carbons (Fsp3) is 0.667. The Kier molecular flexibility index (Phi) is 36.9. The number of aliphatic hydroxyl groups is 5. The molecule has 1 aliphatic heterocycles. The molecule has 0 bridgehead atoms. The fourth-order valence-corrected chi connectivity index (χ4v) is 6.66. The lowest BCUT2D eigenvalue weighted by Gasteiger charge is -2.40. The predicted molar refractivity (Wildman–Crippen MR) is 248 cm³/mol. The highest BCUT2D eigenvalue weighted by Crippen LogP contribution is 2.22. The van der Waals surface area contributed by atoms with E-state index in [-0.39, 0.29) is 12.5 Å². The Labute approximate surface area is 364 Å². The van der Waals surface area contributed by atoms with Crippen LogP contribution in [-0.2, 0) is 14.3 Å². The van der Waals surface area contributed by atoms with Crippen molar-refractivity contribution >= 4 is 5.91 Å². The van der Waals surface area contributed by atoms with Crippen molar-refractivity contribution in [2.45, 2.75) is 204 Å². The van der Waals surface area contributed by atoms with Crippen molar-refractivity contribution in [3.63, 3.8) is 0 Å². The molecule has 9 heteroatoms. The second-order valence-electron chi connectivity index (χ2n) is 15.8. The molecule has 0 spiro atoms. The van der Waals surface area contributed by atoms with Gasteiger partial charge in [-0.05, 0) is 77.0 Å². The SMILES string of the molecule is CC/C=C\C/C=C\C/C=C\C/C=C\C/C=C\C/C=C\C/C=C\CCCCCC(=O)NC(COC1OC(CO)C(O)C(O)C1O)C(O)/C=C/CCCCCCCCCCCC. The van der Waals surface area contributed by atoms with E-state index >= 15 is 0 Å². The molecule has 1 aliphatic rings. The Morgan fingerprint density at radius 1 is 0.583 bits per heavy atom. The number of hydrogen-bond acceptors (Lipinski definition) is 8. The standard InChI is InChI=1S/C51H85NO8/c1-3-5-7-9-11-13-15-17-18-19-20-21-22-23-24-25-26-27-28-29-31-33-35-37-39-41-47(55)52-44(43-59-51-50(58)49(57)48(56)46(42-53)60-51)45(54)40-38-36-34-32-30-16-14-12-10-8-6-4-2/h5,7,11,13,17-18,20-21,23-24,26-27,29,31,38,40,44-46,48-51,53-54,56-58H,3-4,6,8-10,12,14-16,19,22,25,28,30,32-37,39,41-43H2,1-2H3,(H,52,55)/b7-5-,13-11-,18-17-,21-20-,24-23-,27-26-,31-29-,40-38+. The van der Waals surface area contributed by atoms with Crippen molar-refractivity contribution in [1.82, 2.24) is 5.32 Å². The first kappa shape index (κ1) is 55.1. The number of carbonyl (C=O) groups is 1. The zero-order valence-electron chi connectivity index (χ0n) is 37.4. The topological polar surface area (TPSA) is 149 Å². The van der Waals surface area contributed by atoms with Gasteiger partial charge in [-0.3, -0.25) is 4.79 Å². The van der Waals surface area contributed by atoms with Crippen molar-refractivity contribution in [3.05, 3.63) is 97.2 Å². The summed E-state index contributed by atoms with van der Waals surface area (Å²) in [5.74, 6) is -0.215. The second kappa shape index (κ2) is 40.2. The molecular formula is C51H85NO8. The number of amides is 1. The van der Waals surface area contributed by atoms with Gasteiger partial charge in [0.2, 0.25) is 5.91 Å². The first-order valence-corrected chi connectivity index (χ1v) is 23.5. The van der Waals surface area contributed by atoms with E-state index in [2.05, 4.69) is 104 Å². The Bertz CT molecular complexity index is 1250. The number of hydrogen-bond donors (Lipinski definition) is 6. The molecule has 1 heterocycles. The van der Waals surface area contributed by atoms with Gasteiger partial charge in [0.05, 0.1) is 25.4 Å². The molecule has 342 valence electrons. The molecule has 1 saturated heterocycles. The van der Waals surface area contributed by atoms with E-state index in [1.54, 1.807) is 6.08 Å². The Balaban J connectivity index is 2.35. The van der Waals surface area contributed by atoms with Gasteiger partial charge in [0, 0.05) is 6.42 Å². The second-order valence-corrected chi connectivity index (χ2v) is 15.8. The van der Waals surface area contributed by atoms with Gasteiger partial charge in [0.25, 0.3) is 0 Å². The van der Waals surface area contributed by atoms with E-state index < -0.39 is 49.5 Å². The number of allylic oxidation sites excluding steroid dienone is 15. The number of aliphatic hydroxyl groups excluding tert-OH is 5. The van der Waals surface area contributed by atoms with Crippen LogP contribution in [0.1, 0.15) is 162 Å². The van der Waals surface area contributed by atoms with Gasteiger partial charge in [0.15, 0.2) is 6.29 Å². The van der Waals surface area contributed by atoms with Crippen LogP contribution < -0.4 is 5.32 Å². The summed E-state index contributed by atoms with van der Waals surface area (Å²) in [7, 11) is 0. The summed E-state index contributed by atoms with van der Waals surface area (Å²) < 4.78 is 11.2. The summed E-state index contributed by atoms with van der Waals surface area (Å²) in [5.41, 5.74) is 0. The Morgan fingerprint density at radius 2 is 1.03 bits per heavy atom. The number of rotatable bonds is 37. The largest absolute Gasteiger partial charge is 0.394 e. The highest BCUT2D eigenvalue weighted by atomic mass is 16.7. The van der Waals surface area contributed by atoms with Crippen LogP contribution in [0.2, 0.25) is 0 Å². The third-order valence-electron chi connectivity index (χ3n) is 10.4. The molecule has 9 nitrogen and oxygen atoms in total. The molecule has 7 atom stereocenters. The van der Waals surface area contributed by atoms with Gasteiger partial charge in [-0.15, -0.1) is 0 Å². The number of carbonyl (C=O) groups excluding carboxylic acids is 1. The molecule has 0 saturated carbocycles. The van der Waals surface area contributed by atoms with E-state index in [0.717, 1.165) is 83.5 Å². The summed E-state index contributed by atoms with van der Waals surface area (Å²) in [6.45, 7) is 3.60. The minimum absolute atomic E-state index is 0.209. The molecule has 1 fully saturated rings. The third kappa shape index (κ3) is 30.2. The van der Waals surface area contributed by atoms with Crippen LogP contribution in [0.25, 0.3) is 0 Å². The molecule has 0 aromatic rings. The van der Waals surface area contributed by atoms with E-state index in [0.29, 0.717) is 12.8 Å². The van der Waals surface area contributed by atoms with Crippen LogP contribution in [-0.4, -0.2) is 87.5 Å². The quantitative estimate of drug-likeness (QED) is 0.0268. The van der Waals surface area contributed by atoms with Crippen LogP contribution in [0.3, 0.4) is 0 Å². The molecule has 0 aromatic heterocycles. The molecule has 7 unspecified atom stereocenters. The molecule has 60 heavy (non-hydrogen) atoms. The van der Waals surface area contributed by atoms with Crippen LogP contribution in [0.5, 0.6) is 0 Å². The molecule has 1 amide bonds. The summed E-state index contributed by atoms with van der Waals surface area (Å²) in [6.07, 6.45) is 50.2. The van der Waals surface area contributed by atoms with Gasteiger partial charge in [0.1, 0.15) is 24.4 Å². The summed E-state index contributed by atoms with van der Waals surface area (Å²) in [6, 6.07) is -0.828. The monoisotopic (exact) mass is 840 g/mol. The normalized spacial score (nSPS) is 21.5. The average molecular weight is 840 g/mol. The number of unbranched alkanes of at least 4 members (excludes halogenated alkanes) is 13. The minimum atomic E-state index is -1.58. The highest BCUT2D eigenvalue weighted by molar-refractivity contribution is 5.76. The van der Waals surface area contributed by atoms with Crippen LogP contribution in [0, 0.1) is 0 Å². The maximum Gasteiger partial charge on any atom is 0.220 e. The number of ether oxygens (including phenoxy) is 2. The lowest BCUT2D eigenvalue weighted by atomic mass is 9.99. The van der Waals surface area contributed by atoms with Crippen molar-refractivity contribution < 1.29 is 39.8 Å². The molecule has 6 N–H and O–H groups in total. The molecule has 1 rings (SSSR count). The highest BCUT2D eigenvalue weighted by Gasteiger charge is 2.44. The number of nitrogens with one attached hydrogen (secondary N) is 1. The predicted octanol–water partition coefficient (Wildman–Crippen LogP) is 10.1. The zero-order valence-corrected chi connectivity index (χ0v) is 37.4. The van der Waals surface area contributed by atoms with Gasteiger partial charge in [-0.25, -0.2) is 0 Å². The van der Waals surface area contributed by atoms with Crippen molar-refractivity contribution in [3.8, 4) is 0 Å². The minimum Gasteiger partial charge on any atom is -0.394 e. The first-order valence-electron chi connectivity index (χ1n) is 23.5. The van der Waals surface area contributed by atoms with E-state index in [9.17, 15) is 30.3 Å². The van der Waals surface area contributed by atoms with Crippen LogP contribution in [0.4, 0.5) is 0 Å². The van der Waals surface area contributed by atoms with Crippen molar-refractivity contribution in [2.75, 3.05) is 13.2 Å². The fourth-order valence-electron chi connectivity index (χ4n) is 6.66. The summed E-state index contributed by atoms with van der Waals surface area (Å²) in [4.78, 5) is 12.9. The van der Waals surface area contributed by atoms with Crippen LogP contribution >= 0.6 is 0 Å². The van der Waals surface area contributed by atoms with Crippen LogP contribution in [0.15, 0.2) is 97.2 Å². The van der Waals surface area contributed by atoms with Crippen molar-refractivity contribution in [1.29, 1.82) is 0 Å². The molecule has 0 radical (unpaired) electrons. The Morgan fingerprint density at radius 3 is 1.53 bits per heavy atom. The molecular weight excluding hydrogens is 755 g/mol. The first-order chi connectivity index (χ1) is 29.3. The third-order valence-corrected chi connectivity index (χ3v) is 10.4. The molecule has 0 aromatic carbocycles. The van der Waals surface area contributed by atoms with E-state index in [1.165, 1.54) is 51.4 Å². The van der Waals surface area contributed by atoms with Gasteiger partial charge < -0.3 is 40.3 Å². The summed E-state index contributed by atoms with van der Waals surface area (Å²) in [5, 5.41) is 54.1. The lowest BCUT2D eigenvalue weighted by Crippen LogP contribution is -2.60. The smallest absolute Gasteiger partial charge is 0.220 e. The van der Waals surface area contributed by atoms with Gasteiger partial charge >= 0.3 is 0 Å². The van der Waals surface area contributed by atoms with E-state index in [1.807, 2.05) is 6.08 Å². The van der Waals surface area contributed by atoms with Crippen molar-refractivity contribution in [2.24, 2.45) is 0 Å². The zero-order chi connectivity index (χ0) is 43.7. The molecule has 0 aliphatic carbocycles. The summed E-state index contributed by atoms with van der Waals surface area (Å²) >= 11 is 0. The Hall–Kier alpha value is -2.89. The lowest BCUT2D eigenvalue weighted by molar-refractivity contribution is -0.302. The maximum absolute atomic E-state index is 12.9.